The molecule has 2 amide bonds. The smallest absolute Gasteiger partial charge is 0.320 e. The lowest BCUT2D eigenvalue weighted by molar-refractivity contribution is 0.153. The van der Waals surface area contributed by atoms with Gasteiger partial charge >= 0.3 is 6.03 Å². The number of fused-ring (bicyclic) bond motifs is 1. The van der Waals surface area contributed by atoms with Crippen molar-refractivity contribution in [2.75, 3.05) is 26.2 Å². The Kier molecular flexibility index (Phi) is 6.18. The van der Waals surface area contributed by atoms with Crippen LogP contribution in [0.3, 0.4) is 0 Å². The fraction of sp³-hybridized carbons (Fsp3) is 0.500. The van der Waals surface area contributed by atoms with Crippen molar-refractivity contribution in [2.45, 2.75) is 62.9 Å². The van der Waals surface area contributed by atoms with E-state index in [0.29, 0.717) is 43.9 Å². The molecule has 0 unspecified atom stereocenters. The number of carbonyl (C=O) groups is 1. The van der Waals surface area contributed by atoms with E-state index < -0.39 is 10.0 Å². The summed E-state index contributed by atoms with van der Waals surface area (Å²) in [5.41, 5.74) is 4.83. The average molecular weight is 468 g/mol. The van der Waals surface area contributed by atoms with Gasteiger partial charge in [0.15, 0.2) is 0 Å². The van der Waals surface area contributed by atoms with Crippen molar-refractivity contribution < 1.29 is 13.2 Å². The van der Waals surface area contributed by atoms with E-state index in [1.807, 2.05) is 28.0 Å². The van der Waals surface area contributed by atoms with E-state index in [1.165, 1.54) is 23.1 Å². The Labute approximate surface area is 197 Å². The number of amides is 2. The van der Waals surface area contributed by atoms with Crippen molar-refractivity contribution in [3.05, 3.63) is 64.7 Å². The summed E-state index contributed by atoms with van der Waals surface area (Å²) in [4.78, 5) is 17.3. The number of rotatable bonds is 5. The van der Waals surface area contributed by atoms with Crippen LogP contribution in [0, 0.1) is 6.92 Å². The van der Waals surface area contributed by atoms with E-state index >= 15 is 0 Å². The number of sulfonamides is 1. The Balaban J connectivity index is 1.21. The molecule has 33 heavy (non-hydrogen) atoms. The van der Waals surface area contributed by atoms with Gasteiger partial charge in [-0.15, -0.1) is 0 Å². The van der Waals surface area contributed by atoms with E-state index in [0.717, 1.165) is 31.4 Å². The number of hydrogen-bond donors (Lipinski definition) is 0. The molecule has 2 saturated heterocycles. The fourth-order valence-electron chi connectivity index (χ4n) is 5.53. The first kappa shape index (κ1) is 22.4. The molecule has 0 atom stereocenters. The van der Waals surface area contributed by atoms with Gasteiger partial charge in [-0.05, 0) is 74.3 Å². The van der Waals surface area contributed by atoms with Crippen LogP contribution in [-0.4, -0.2) is 60.8 Å². The van der Waals surface area contributed by atoms with E-state index in [2.05, 4.69) is 25.1 Å². The predicted molar refractivity (Wildman–Crippen MR) is 129 cm³/mol. The molecule has 0 spiro atoms. The highest BCUT2D eigenvalue weighted by Crippen LogP contribution is 2.29. The third-order valence-corrected chi connectivity index (χ3v) is 9.30. The van der Waals surface area contributed by atoms with Crippen LogP contribution in [0.15, 0.2) is 47.4 Å². The Morgan fingerprint density at radius 2 is 1.67 bits per heavy atom. The van der Waals surface area contributed by atoms with E-state index in [9.17, 15) is 13.2 Å². The zero-order valence-electron chi connectivity index (χ0n) is 19.4. The van der Waals surface area contributed by atoms with Gasteiger partial charge in [0.05, 0.1) is 4.90 Å². The molecule has 0 saturated carbocycles. The fourth-order valence-corrected chi connectivity index (χ4v) is 7.05. The van der Waals surface area contributed by atoms with Gasteiger partial charge in [0.1, 0.15) is 0 Å². The van der Waals surface area contributed by atoms with E-state index in [-0.39, 0.29) is 12.1 Å². The molecule has 0 N–H and O–H groups in total. The zero-order chi connectivity index (χ0) is 23.0. The molecule has 2 aromatic rings. The summed E-state index contributed by atoms with van der Waals surface area (Å²) in [5.74, 6) is 0. The van der Waals surface area contributed by atoms with Gasteiger partial charge in [0.25, 0.3) is 0 Å². The van der Waals surface area contributed by atoms with Crippen molar-refractivity contribution in [1.29, 1.82) is 0 Å². The standard InChI is InChI=1S/C26H33N3O3S/c1-20-5-4-6-21(17-20)19-27-15-16-29(26(27)30)24-11-13-28(14-12-24)33(31,32)25-10-9-22-7-2-3-8-23(22)18-25/h4-6,9-10,17-18,24H,2-3,7-8,11-16,19H2,1H3. The molecule has 7 heteroatoms. The minimum Gasteiger partial charge on any atom is -0.320 e. The third kappa shape index (κ3) is 4.53. The molecule has 6 nitrogen and oxygen atoms in total. The quantitative estimate of drug-likeness (QED) is 0.669. The van der Waals surface area contributed by atoms with Crippen LogP contribution in [0.2, 0.25) is 0 Å². The Morgan fingerprint density at radius 1 is 0.909 bits per heavy atom. The maximum atomic E-state index is 13.3. The summed E-state index contributed by atoms with van der Waals surface area (Å²) in [6, 6.07) is 14.1. The lowest BCUT2D eigenvalue weighted by Gasteiger charge is -2.36. The van der Waals surface area contributed by atoms with Crippen LogP contribution in [-0.2, 0) is 29.4 Å². The Morgan fingerprint density at radius 3 is 2.42 bits per heavy atom. The molecule has 3 aliphatic rings. The molecular weight excluding hydrogens is 434 g/mol. The van der Waals surface area contributed by atoms with Crippen molar-refractivity contribution in [1.82, 2.24) is 14.1 Å². The minimum absolute atomic E-state index is 0.0764. The van der Waals surface area contributed by atoms with Gasteiger partial charge in [-0.2, -0.15) is 4.31 Å². The summed E-state index contributed by atoms with van der Waals surface area (Å²) >= 11 is 0. The second kappa shape index (κ2) is 9.11. The molecule has 0 aromatic heterocycles. The molecule has 1 aliphatic carbocycles. The first-order valence-corrected chi connectivity index (χ1v) is 13.6. The second-order valence-electron chi connectivity index (χ2n) is 9.66. The molecule has 2 aliphatic heterocycles. The monoisotopic (exact) mass is 467 g/mol. The summed E-state index contributed by atoms with van der Waals surface area (Å²) in [6.07, 6.45) is 5.71. The van der Waals surface area contributed by atoms with Crippen molar-refractivity contribution in [3.8, 4) is 0 Å². The Bertz CT molecular complexity index is 1140. The number of benzene rings is 2. The van der Waals surface area contributed by atoms with E-state index in [4.69, 9.17) is 0 Å². The molecule has 2 heterocycles. The van der Waals surface area contributed by atoms with Gasteiger partial charge in [-0.1, -0.05) is 35.9 Å². The molecular formula is C26H33N3O3S. The number of nitrogens with zero attached hydrogens (tertiary/aromatic N) is 3. The SMILES string of the molecule is Cc1cccc(CN2CCN(C3CCN(S(=O)(=O)c4ccc5c(c4)CCCC5)CC3)C2=O)c1. The van der Waals surface area contributed by atoms with E-state index in [1.54, 1.807) is 10.4 Å². The topological polar surface area (TPSA) is 60.9 Å². The number of piperidine rings is 1. The highest BCUT2D eigenvalue weighted by molar-refractivity contribution is 7.89. The highest BCUT2D eigenvalue weighted by Gasteiger charge is 2.37. The molecule has 0 bridgehead atoms. The number of aryl methyl sites for hydroxylation is 3. The lowest BCUT2D eigenvalue weighted by Crippen LogP contribution is -2.48. The Hall–Kier alpha value is -2.38. The van der Waals surface area contributed by atoms with Crippen LogP contribution in [0.4, 0.5) is 4.79 Å². The molecule has 176 valence electrons. The van der Waals surface area contributed by atoms with Crippen LogP contribution >= 0.6 is 0 Å². The maximum Gasteiger partial charge on any atom is 0.320 e. The van der Waals surface area contributed by atoms with Crippen molar-refractivity contribution in [3.63, 3.8) is 0 Å². The largest absolute Gasteiger partial charge is 0.320 e. The third-order valence-electron chi connectivity index (χ3n) is 7.40. The second-order valence-corrected chi connectivity index (χ2v) is 11.6. The number of urea groups is 1. The molecule has 5 rings (SSSR count). The van der Waals surface area contributed by atoms with Crippen LogP contribution in [0.25, 0.3) is 0 Å². The zero-order valence-corrected chi connectivity index (χ0v) is 20.2. The van der Waals surface area contributed by atoms with Crippen molar-refractivity contribution >= 4 is 16.1 Å². The minimum atomic E-state index is -3.49. The van der Waals surface area contributed by atoms with Crippen LogP contribution < -0.4 is 0 Å². The molecule has 2 fully saturated rings. The predicted octanol–water partition coefficient (Wildman–Crippen LogP) is 3.96. The molecule has 2 aromatic carbocycles. The first-order valence-electron chi connectivity index (χ1n) is 12.1. The van der Waals surface area contributed by atoms with Gasteiger partial charge in [0.2, 0.25) is 10.0 Å². The summed E-state index contributed by atoms with van der Waals surface area (Å²) in [6.45, 7) is 5.06. The highest BCUT2D eigenvalue weighted by atomic mass is 32.2. The molecule has 0 radical (unpaired) electrons. The number of hydrogen-bond acceptors (Lipinski definition) is 3. The van der Waals surface area contributed by atoms with Gasteiger partial charge in [0, 0.05) is 38.8 Å². The summed E-state index contributed by atoms with van der Waals surface area (Å²) in [7, 11) is -3.49. The summed E-state index contributed by atoms with van der Waals surface area (Å²) < 4.78 is 28.2. The van der Waals surface area contributed by atoms with Gasteiger partial charge in [-0.25, -0.2) is 13.2 Å². The summed E-state index contributed by atoms with van der Waals surface area (Å²) in [5, 5.41) is 0. The van der Waals surface area contributed by atoms with Crippen LogP contribution in [0.1, 0.15) is 47.9 Å². The maximum absolute atomic E-state index is 13.3. The van der Waals surface area contributed by atoms with Gasteiger partial charge in [-0.3, -0.25) is 0 Å². The normalized spacial score (nSPS) is 20.3. The van der Waals surface area contributed by atoms with Crippen LogP contribution in [0.5, 0.6) is 0 Å². The van der Waals surface area contributed by atoms with Gasteiger partial charge < -0.3 is 9.80 Å². The lowest BCUT2D eigenvalue weighted by atomic mass is 9.92. The first-order chi connectivity index (χ1) is 15.9. The van der Waals surface area contributed by atoms with Crippen molar-refractivity contribution in [2.24, 2.45) is 0 Å². The average Bonchev–Trinajstić information content (AvgIpc) is 3.18. The number of carbonyl (C=O) groups excluding carboxylic acids is 1.